The van der Waals surface area contributed by atoms with E-state index in [0.29, 0.717) is 19.4 Å². The molecule has 0 unspecified atom stereocenters. The molecule has 1 aromatic rings. The number of rotatable bonds is 10. The number of carboxylic acids is 1. The molecule has 0 radical (unpaired) electrons. The molecule has 0 spiro atoms. The summed E-state index contributed by atoms with van der Waals surface area (Å²) in [4.78, 5) is 11.3. The first kappa shape index (κ1) is 17.6. The molecule has 1 aromatic carbocycles. The van der Waals surface area contributed by atoms with Crippen molar-refractivity contribution in [1.82, 2.24) is 5.32 Å². The van der Waals surface area contributed by atoms with E-state index in [1.807, 2.05) is 30.3 Å². The van der Waals surface area contributed by atoms with Crippen LogP contribution in [0.1, 0.15) is 24.8 Å². The van der Waals surface area contributed by atoms with Gasteiger partial charge in [-0.05, 0) is 18.3 Å². The molecule has 0 saturated carbocycles. The minimum atomic E-state index is -1.35. The zero-order chi connectivity index (χ0) is 15.7. The number of benzene rings is 1. The lowest BCUT2D eigenvalue weighted by Crippen LogP contribution is -2.55. The van der Waals surface area contributed by atoms with E-state index in [4.69, 9.17) is 15.8 Å². The van der Waals surface area contributed by atoms with Crippen LogP contribution in [0.15, 0.2) is 30.3 Å². The van der Waals surface area contributed by atoms with Gasteiger partial charge in [-0.2, -0.15) is 0 Å². The normalized spacial score (nSPS) is 13.7. The second-order valence-electron chi connectivity index (χ2n) is 5.28. The monoisotopic (exact) mass is 294 g/mol. The SMILES string of the molecule is N[C@](CCCCB(O)O)(CNCc1ccccc1)C(=O)O. The van der Waals surface area contributed by atoms with Gasteiger partial charge in [-0.25, -0.2) is 0 Å². The highest BCUT2D eigenvalue weighted by Crippen LogP contribution is 2.13. The predicted octanol–water partition coefficient (Wildman–Crippen LogP) is 0.201. The highest BCUT2D eigenvalue weighted by molar-refractivity contribution is 6.40. The third kappa shape index (κ3) is 6.72. The lowest BCUT2D eigenvalue weighted by molar-refractivity contribution is -0.143. The number of unbranched alkanes of at least 4 members (excludes halogenated alkanes) is 1. The van der Waals surface area contributed by atoms with Crippen molar-refractivity contribution >= 4 is 13.1 Å². The van der Waals surface area contributed by atoms with Crippen molar-refractivity contribution in [1.29, 1.82) is 0 Å². The minimum absolute atomic E-state index is 0.166. The van der Waals surface area contributed by atoms with Crippen LogP contribution in [0.3, 0.4) is 0 Å². The Bertz CT molecular complexity index is 430. The fraction of sp³-hybridized carbons (Fsp3) is 0.500. The maximum Gasteiger partial charge on any atom is 0.451 e. The van der Waals surface area contributed by atoms with E-state index in [-0.39, 0.29) is 19.3 Å². The van der Waals surface area contributed by atoms with Crippen LogP contribution in [0.4, 0.5) is 0 Å². The van der Waals surface area contributed by atoms with E-state index < -0.39 is 18.6 Å². The Morgan fingerprint density at radius 3 is 2.48 bits per heavy atom. The first-order chi connectivity index (χ1) is 9.94. The zero-order valence-electron chi connectivity index (χ0n) is 12.0. The van der Waals surface area contributed by atoms with E-state index in [1.54, 1.807) is 0 Å². The Hall–Kier alpha value is -1.41. The van der Waals surface area contributed by atoms with E-state index >= 15 is 0 Å². The third-order valence-corrected chi connectivity index (χ3v) is 3.37. The quantitative estimate of drug-likeness (QED) is 0.311. The van der Waals surface area contributed by atoms with Gasteiger partial charge in [-0.15, -0.1) is 0 Å². The van der Waals surface area contributed by atoms with E-state index in [9.17, 15) is 9.90 Å². The Morgan fingerprint density at radius 1 is 1.24 bits per heavy atom. The lowest BCUT2D eigenvalue weighted by Gasteiger charge is -2.25. The Labute approximate surface area is 125 Å². The van der Waals surface area contributed by atoms with Crippen molar-refractivity contribution in [3.8, 4) is 0 Å². The number of hydrogen-bond donors (Lipinski definition) is 5. The van der Waals surface area contributed by atoms with Gasteiger partial charge in [0.15, 0.2) is 0 Å². The molecule has 0 saturated heterocycles. The number of nitrogens with two attached hydrogens (primary N) is 1. The summed E-state index contributed by atoms with van der Waals surface area (Å²) in [5.41, 5.74) is 5.66. The van der Waals surface area contributed by atoms with Gasteiger partial charge >= 0.3 is 13.1 Å². The van der Waals surface area contributed by atoms with Gasteiger partial charge in [0.2, 0.25) is 0 Å². The van der Waals surface area contributed by atoms with Crippen molar-refractivity contribution in [2.75, 3.05) is 6.54 Å². The topological polar surface area (TPSA) is 116 Å². The van der Waals surface area contributed by atoms with Gasteiger partial charge in [0.1, 0.15) is 5.54 Å². The fourth-order valence-corrected chi connectivity index (χ4v) is 2.06. The first-order valence-corrected chi connectivity index (χ1v) is 7.07. The third-order valence-electron chi connectivity index (χ3n) is 3.37. The molecule has 0 bridgehead atoms. The predicted molar refractivity (Wildman–Crippen MR) is 81.6 cm³/mol. The molecular formula is C14H23BN2O4. The summed E-state index contributed by atoms with van der Waals surface area (Å²) < 4.78 is 0. The van der Waals surface area contributed by atoms with Gasteiger partial charge < -0.3 is 26.2 Å². The molecule has 1 atom stereocenters. The molecule has 0 amide bonds. The second kappa shape index (κ2) is 8.79. The van der Waals surface area contributed by atoms with Crippen LogP contribution in [0.2, 0.25) is 6.32 Å². The number of aliphatic carboxylic acids is 1. The summed E-state index contributed by atoms with van der Waals surface area (Å²) in [5, 5.41) is 29.9. The maximum atomic E-state index is 11.3. The van der Waals surface area contributed by atoms with E-state index in [1.165, 1.54) is 0 Å². The van der Waals surface area contributed by atoms with Crippen molar-refractivity contribution < 1.29 is 19.9 Å². The van der Waals surface area contributed by atoms with Gasteiger partial charge in [0.25, 0.3) is 0 Å². The molecule has 6 nitrogen and oxygen atoms in total. The second-order valence-corrected chi connectivity index (χ2v) is 5.28. The van der Waals surface area contributed by atoms with Gasteiger partial charge in [0.05, 0.1) is 0 Å². The van der Waals surface area contributed by atoms with Crippen LogP contribution in [-0.4, -0.2) is 40.3 Å². The van der Waals surface area contributed by atoms with Gasteiger partial charge in [-0.1, -0.05) is 43.2 Å². The summed E-state index contributed by atoms with van der Waals surface area (Å²) in [5.74, 6) is -1.05. The summed E-state index contributed by atoms with van der Waals surface area (Å²) in [6.07, 6.45) is 1.58. The highest BCUT2D eigenvalue weighted by atomic mass is 16.4. The molecule has 0 heterocycles. The summed E-state index contributed by atoms with van der Waals surface area (Å²) >= 11 is 0. The summed E-state index contributed by atoms with van der Waals surface area (Å²) in [6, 6.07) is 9.67. The number of carbonyl (C=O) groups is 1. The highest BCUT2D eigenvalue weighted by Gasteiger charge is 2.32. The molecule has 21 heavy (non-hydrogen) atoms. The number of carboxylic acid groups (broad SMARTS) is 1. The molecule has 0 aromatic heterocycles. The number of hydrogen-bond acceptors (Lipinski definition) is 5. The van der Waals surface area contributed by atoms with Gasteiger partial charge in [0, 0.05) is 13.1 Å². The van der Waals surface area contributed by atoms with E-state index in [0.717, 1.165) is 5.56 Å². The maximum absolute atomic E-state index is 11.3. The minimum Gasteiger partial charge on any atom is -0.480 e. The van der Waals surface area contributed by atoms with E-state index in [2.05, 4.69) is 5.32 Å². The Morgan fingerprint density at radius 2 is 1.90 bits per heavy atom. The standard InChI is InChI=1S/C14H23BN2O4/c16-14(13(18)19,8-4-5-9-15(20)21)11-17-10-12-6-2-1-3-7-12/h1-3,6-7,17,20-21H,4-5,8-11,16H2,(H,18,19)/t14-/m1/s1. The van der Waals surface area contributed by atoms with Crippen LogP contribution in [0.25, 0.3) is 0 Å². The van der Waals surface area contributed by atoms with Crippen molar-refractivity contribution in [2.45, 2.75) is 37.7 Å². The largest absolute Gasteiger partial charge is 0.480 e. The molecule has 0 aliphatic carbocycles. The Balaban J connectivity index is 2.39. The molecule has 7 heteroatoms. The van der Waals surface area contributed by atoms with Crippen LogP contribution < -0.4 is 11.1 Å². The van der Waals surface area contributed by atoms with Crippen molar-refractivity contribution in [3.63, 3.8) is 0 Å². The van der Waals surface area contributed by atoms with Crippen LogP contribution in [0, 0.1) is 0 Å². The van der Waals surface area contributed by atoms with Gasteiger partial charge in [-0.3, -0.25) is 4.79 Å². The fourth-order valence-electron chi connectivity index (χ4n) is 2.06. The summed E-state index contributed by atoms with van der Waals surface area (Å²) in [7, 11) is -1.35. The molecule has 0 aliphatic heterocycles. The Kier molecular flexibility index (Phi) is 7.38. The lowest BCUT2D eigenvalue weighted by atomic mass is 9.82. The molecular weight excluding hydrogens is 271 g/mol. The van der Waals surface area contributed by atoms with Crippen LogP contribution >= 0.6 is 0 Å². The smallest absolute Gasteiger partial charge is 0.451 e. The average molecular weight is 294 g/mol. The van der Waals surface area contributed by atoms with Crippen LogP contribution in [0.5, 0.6) is 0 Å². The van der Waals surface area contributed by atoms with Crippen LogP contribution in [-0.2, 0) is 11.3 Å². The molecule has 1 rings (SSSR count). The van der Waals surface area contributed by atoms with Crippen molar-refractivity contribution in [2.24, 2.45) is 5.73 Å². The molecule has 116 valence electrons. The molecule has 6 N–H and O–H groups in total. The molecule has 0 aliphatic rings. The number of nitrogens with one attached hydrogen (secondary N) is 1. The molecule has 0 fully saturated rings. The zero-order valence-corrected chi connectivity index (χ0v) is 12.0. The summed E-state index contributed by atoms with van der Waals surface area (Å²) in [6.45, 7) is 0.724. The first-order valence-electron chi connectivity index (χ1n) is 7.07. The van der Waals surface area contributed by atoms with Crippen molar-refractivity contribution in [3.05, 3.63) is 35.9 Å². The average Bonchev–Trinajstić information content (AvgIpc) is 2.44.